The monoisotopic (exact) mass is 285 g/mol. The molecule has 110 valence electrons. The Hall–Kier alpha value is -2.22. The highest BCUT2D eigenvalue weighted by atomic mass is 19.1. The van der Waals surface area contributed by atoms with Crippen molar-refractivity contribution in [3.8, 4) is 0 Å². The molecule has 0 aliphatic heterocycles. The number of nitrogens with one attached hydrogen (secondary N) is 1. The minimum absolute atomic E-state index is 0.0553. The average Bonchev–Trinajstić information content (AvgIpc) is 2.37. The van der Waals surface area contributed by atoms with Crippen molar-refractivity contribution >= 4 is 17.3 Å². The molecule has 0 bridgehead atoms. The Morgan fingerprint density at radius 2 is 2.15 bits per heavy atom. The lowest BCUT2D eigenvalue weighted by Gasteiger charge is -2.15. The molecule has 20 heavy (non-hydrogen) atoms. The van der Waals surface area contributed by atoms with E-state index in [0.29, 0.717) is 6.07 Å². The van der Waals surface area contributed by atoms with Crippen LogP contribution in [0.1, 0.15) is 24.2 Å². The Morgan fingerprint density at radius 1 is 1.55 bits per heavy atom. The maximum atomic E-state index is 13.3. The molecule has 4 N–H and O–H groups in total. The molecule has 7 nitrogen and oxygen atoms in total. The molecule has 0 aromatic heterocycles. The maximum absolute atomic E-state index is 13.3. The predicted molar refractivity (Wildman–Crippen MR) is 70.6 cm³/mol. The van der Waals surface area contributed by atoms with E-state index in [2.05, 4.69) is 5.32 Å². The molecule has 0 aliphatic carbocycles. The van der Waals surface area contributed by atoms with E-state index in [1.165, 1.54) is 0 Å². The van der Waals surface area contributed by atoms with E-state index in [-0.39, 0.29) is 18.0 Å². The first kappa shape index (κ1) is 15.8. The SMILES string of the molecule is CC(C)C(O)CNC(=O)c1cc(F)cc([N+](=O)[O-])c1N. The zero-order chi connectivity index (χ0) is 15.4. The van der Waals surface area contributed by atoms with E-state index in [1.807, 2.05) is 0 Å². The number of rotatable bonds is 5. The smallest absolute Gasteiger partial charge is 0.295 e. The van der Waals surface area contributed by atoms with Crippen molar-refractivity contribution in [3.05, 3.63) is 33.6 Å². The van der Waals surface area contributed by atoms with Crippen LogP contribution in [0.15, 0.2) is 12.1 Å². The minimum atomic E-state index is -0.930. The van der Waals surface area contributed by atoms with Gasteiger partial charge in [0.15, 0.2) is 0 Å². The lowest BCUT2D eigenvalue weighted by Crippen LogP contribution is -2.35. The normalized spacial score (nSPS) is 12.2. The Morgan fingerprint density at radius 3 is 2.65 bits per heavy atom. The molecule has 0 fully saturated rings. The van der Waals surface area contributed by atoms with Gasteiger partial charge in [-0.05, 0) is 12.0 Å². The van der Waals surface area contributed by atoms with Gasteiger partial charge in [-0.1, -0.05) is 13.8 Å². The van der Waals surface area contributed by atoms with Gasteiger partial charge < -0.3 is 16.2 Å². The minimum Gasteiger partial charge on any atom is -0.393 e. The number of hydrogen-bond donors (Lipinski definition) is 3. The first-order chi connectivity index (χ1) is 9.23. The number of carbonyl (C=O) groups is 1. The molecule has 1 rings (SSSR count). The van der Waals surface area contributed by atoms with Crippen LogP contribution in [-0.2, 0) is 0 Å². The highest BCUT2D eigenvalue weighted by Crippen LogP contribution is 2.26. The highest BCUT2D eigenvalue weighted by molar-refractivity contribution is 6.01. The van der Waals surface area contributed by atoms with Crippen LogP contribution in [-0.4, -0.2) is 28.6 Å². The summed E-state index contributed by atoms with van der Waals surface area (Å²) in [5.41, 5.74) is 4.09. The summed E-state index contributed by atoms with van der Waals surface area (Å²) in [5.74, 6) is -1.78. The van der Waals surface area contributed by atoms with Gasteiger partial charge in [-0.15, -0.1) is 0 Å². The molecule has 1 unspecified atom stereocenters. The van der Waals surface area contributed by atoms with Crippen molar-refractivity contribution < 1.29 is 19.2 Å². The summed E-state index contributed by atoms with van der Waals surface area (Å²) < 4.78 is 13.3. The largest absolute Gasteiger partial charge is 0.393 e. The van der Waals surface area contributed by atoms with Crippen LogP contribution < -0.4 is 11.1 Å². The Labute approximate surface area is 114 Å². The number of nitrogens with zero attached hydrogens (tertiary/aromatic N) is 1. The van der Waals surface area contributed by atoms with Crippen LogP contribution in [0.5, 0.6) is 0 Å². The summed E-state index contributed by atoms with van der Waals surface area (Å²) in [6, 6.07) is 1.47. The predicted octanol–water partition coefficient (Wildman–Crippen LogP) is 1.06. The number of nitrogen functional groups attached to an aromatic ring is 1. The molecule has 0 saturated heterocycles. The molecule has 1 amide bonds. The number of carbonyl (C=O) groups excluding carboxylic acids is 1. The number of amides is 1. The zero-order valence-electron chi connectivity index (χ0n) is 11.1. The van der Waals surface area contributed by atoms with Gasteiger partial charge in [0.05, 0.1) is 22.7 Å². The Kier molecular flexibility index (Phi) is 4.98. The van der Waals surface area contributed by atoms with Gasteiger partial charge in [0.25, 0.3) is 11.6 Å². The van der Waals surface area contributed by atoms with Crippen LogP contribution >= 0.6 is 0 Å². The van der Waals surface area contributed by atoms with Crippen molar-refractivity contribution in [2.24, 2.45) is 5.92 Å². The molecule has 1 aromatic rings. The number of halogens is 1. The number of nitrogens with two attached hydrogens (primary N) is 1. The second-order valence-electron chi connectivity index (χ2n) is 4.66. The van der Waals surface area contributed by atoms with Crippen molar-refractivity contribution in [2.75, 3.05) is 12.3 Å². The molecule has 0 saturated carbocycles. The van der Waals surface area contributed by atoms with Gasteiger partial charge >= 0.3 is 0 Å². The van der Waals surface area contributed by atoms with Crippen molar-refractivity contribution in [1.29, 1.82) is 0 Å². The summed E-state index contributed by atoms with van der Waals surface area (Å²) >= 11 is 0. The second-order valence-corrected chi connectivity index (χ2v) is 4.66. The molecule has 8 heteroatoms. The van der Waals surface area contributed by atoms with Gasteiger partial charge in [0.1, 0.15) is 11.5 Å². The van der Waals surface area contributed by atoms with E-state index in [9.17, 15) is 24.4 Å². The molecule has 0 spiro atoms. The number of benzene rings is 1. The molecule has 0 aliphatic rings. The molecule has 0 radical (unpaired) electrons. The van der Waals surface area contributed by atoms with Crippen LogP contribution in [0.3, 0.4) is 0 Å². The topological polar surface area (TPSA) is 118 Å². The van der Waals surface area contributed by atoms with Gasteiger partial charge in [-0.2, -0.15) is 0 Å². The van der Waals surface area contributed by atoms with Crippen molar-refractivity contribution in [3.63, 3.8) is 0 Å². The summed E-state index contributed by atoms with van der Waals surface area (Å²) in [4.78, 5) is 21.7. The van der Waals surface area contributed by atoms with Crippen molar-refractivity contribution in [2.45, 2.75) is 20.0 Å². The number of nitro groups is 1. The number of anilines is 1. The van der Waals surface area contributed by atoms with E-state index in [4.69, 9.17) is 5.73 Å². The zero-order valence-corrected chi connectivity index (χ0v) is 11.1. The molecule has 1 aromatic carbocycles. The third-order valence-electron chi connectivity index (χ3n) is 2.81. The quantitative estimate of drug-likeness (QED) is 0.424. The Bertz CT molecular complexity index is 534. The lowest BCUT2D eigenvalue weighted by atomic mass is 10.1. The summed E-state index contributed by atoms with van der Waals surface area (Å²) in [5, 5.41) is 22.6. The maximum Gasteiger partial charge on any atom is 0.295 e. The van der Waals surface area contributed by atoms with Crippen LogP contribution in [0.25, 0.3) is 0 Å². The number of hydrogen-bond acceptors (Lipinski definition) is 5. The van der Waals surface area contributed by atoms with E-state index in [1.54, 1.807) is 13.8 Å². The second kappa shape index (κ2) is 6.29. The van der Waals surface area contributed by atoms with Crippen LogP contribution in [0.2, 0.25) is 0 Å². The number of aliphatic hydroxyl groups is 1. The summed E-state index contributed by atoms with van der Waals surface area (Å²) in [6.45, 7) is 3.47. The molecular weight excluding hydrogens is 269 g/mol. The first-order valence-electron chi connectivity index (χ1n) is 5.93. The Balaban J connectivity index is 2.96. The van der Waals surface area contributed by atoms with Gasteiger partial charge in [-0.25, -0.2) is 4.39 Å². The highest BCUT2D eigenvalue weighted by Gasteiger charge is 2.22. The summed E-state index contributed by atoms with van der Waals surface area (Å²) in [7, 11) is 0. The van der Waals surface area contributed by atoms with Crippen molar-refractivity contribution in [1.82, 2.24) is 5.32 Å². The number of aliphatic hydroxyl groups excluding tert-OH is 1. The molecule has 0 heterocycles. The molecular formula is C12H16FN3O4. The standard InChI is InChI=1S/C12H16FN3O4/c1-6(2)10(17)5-15-12(18)8-3-7(13)4-9(11(8)14)16(19)20/h3-4,6,10,17H,5,14H2,1-2H3,(H,15,18). The lowest BCUT2D eigenvalue weighted by molar-refractivity contribution is -0.384. The third kappa shape index (κ3) is 3.64. The van der Waals surface area contributed by atoms with E-state index in [0.717, 1.165) is 6.07 Å². The fourth-order valence-corrected chi connectivity index (χ4v) is 1.47. The van der Waals surface area contributed by atoms with E-state index < -0.39 is 34.1 Å². The molecule has 1 atom stereocenters. The van der Waals surface area contributed by atoms with Gasteiger partial charge in [0.2, 0.25) is 0 Å². The first-order valence-corrected chi connectivity index (χ1v) is 5.93. The number of nitro benzene ring substituents is 1. The van der Waals surface area contributed by atoms with Gasteiger partial charge in [0, 0.05) is 6.54 Å². The van der Waals surface area contributed by atoms with E-state index >= 15 is 0 Å². The van der Waals surface area contributed by atoms with Crippen LogP contribution in [0.4, 0.5) is 15.8 Å². The van der Waals surface area contributed by atoms with Crippen LogP contribution in [0, 0.1) is 21.8 Å². The fraction of sp³-hybridized carbons (Fsp3) is 0.417. The third-order valence-corrected chi connectivity index (χ3v) is 2.81. The average molecular weight is 285 g/mol. The fourth-order valence-electron chi connectivity index (χ4n) is 1.47. The summed E-state index contributed by atoms with van der Waals surface area (Å²) in [6.07, 6.45) is -0.774. The van der Waals surface area contributed by atoms with Gasteiger partial charge in [-0.3, -0.25) is 14.9 Å².